The van der Waals surface area contributed by atoms with E-state index < -0.39 is 60.0 Å². The van der Waals surface area contributed by atoms with Crippen molar-refractivity contribution in [2.24, 2.45) is 5.16 Å². The van der Waals surface area contributed by atoms with Gasteiger partial charge in [0.05, 0.1) is 0 Å². The van der Waals surface area contributed by atoms with Crippen LogP contribution in [0.1, 0.15) is 5.82 Å². The van der Waals surface area contributed by atoms with Crippen molar-refractivity contribution >= 4 is 75.6 Å². The lowest BCUT2D eigenvalue weighted by Crippen LogP contribution is -2.71. The second-order valence-corrected chi connectivity index (χ2v) is 10.3. The Balaban J connectivity index is 1.48. The minimum absolute atomic E-state index is 0.00362. The fourth-order valence-corrected chi connectivity index (χ4v) is 6.15. The van der Waals surface area contributed by atoms with Gasteiger partial charge in [0, 0.05) is 23.0 Å². The highest BCUT2D eigenvalue weighted by Gasteiger charge is 2.54. The molecular formula is C17H16N10O9S3. The van der Waals surface area contributed by atoms with Crippen LogP contribution in [0.3, 0.4) is 0 Å². The molecule has 0 radical (unpaired) electrons. The highest BCUT2D eigenvalue weighted by molar-refractivity contribution is 8.01. The minimum atomic E-state index is -1.37. The van der Waals surface area contributed by atoms with Gasteiger partial charge in [-0.25, -0.2) is 14.3 Å². The number of hydrogen-bond acceptors (Lipinski definition) is 16. The number of aromatic nitrogens is 6. The van der Waals surface area contributed by atoms with E-state index in [2.05, 4.69) is 40.2 Å². The summed E-state index contributed by atoms with van der Waals surface area (Å²) >= 11 is 2.94. The molecule has 0 spiro atoms. The fraction of sp³-hybridized carbons (Fsp3) is 0.353. The highest BCUT2D eigenvalue weighted by Crippen LogP contribution is 2.41. The maximum atomic E-state index is 13.0. The molecule has 4 rings (SSSR count). The van der Waals surface area contributed by atoms with Crippen molar-refractivity contribution in [3.63, 3.8) is 0 Å². The van der Waals surface area contributed by atoms with Crippen LogP contribution in [0.4, 0.5) is 5.13 Å². The van der Waals surface area contributed by atoms with Crippen molar-refractivity contribution in [2.75, 3.05) is 23.8 Å². The standard InChI is InChI=1S/C17H16N10O9S3/c18-16-20-11(23-39-16)8(22-36-2-7(30)31)12(32)19-9-13(33)27-10(15(34)35)5(3-37-14(9)27)4-38-17-21-24-25-26(17)1-6(28)29/h9,14H,1-4H2,(H,19,32)(H,28,29)(H,30,31)(H,34,35)(H2,18,20,23)/b22-8-/t9?,14-/m1/s1. The first kappa shape index (κ1) is 27.7. The zero-order valence-corrected chi connectivity index (χ0v) is 21.6. The van der Waals surface area contributed by atoms with Gasteiger partial charge < -0.3 is 31.2 Å². The average molecular weight is 601 g/mol. The largest absolute Gasteiger partial charge is 0.480 e. The third-order valence-electron chi connectivity index (χ3n) is 4.91. The second kappa shape index (κ2) is 11.6. The van der Waals surface area contributed by atoms with Crippen LogP contribution in [-0.2, 0) is 35.4 Å². The fourth-order valence-electron chi connectivity index (χ4n) is 3.35. The Hall–Kier alpha value is -4.31. The molecule has 2 atom stereocenters. The molecule has 1 saturated heterocycles. The van der Waals surface area contributed by atoms with Crippen molar-refractivity contribution in [2.45, 2.75) is 23.1 Å². The number of carboxylic acid groups (broad SMARTS) is 3. The molecule has 6 N–H and O–H groups in total. The average Bonchev–Trinajstić information content (AvgIpc) is 3.50. The number of carboxylic acids is 3. The predicted molar refractivity (Wildman–Crippen MR) is 130 cm³/mol. The quantitative estimate of drug-likeness (QED) is 0.0730. The van der Waals surface area contributed by atoms with Crippen LogP contribution in [-0.4, -0.2) is 115 Å². The molecule has 2 aliphatic rings. The molecule has 1 unspecified atom stereocenters. The Kier molecular flexibility index (Phi) is 8.25. The molecule has 0 bridgehead atoms. The van der Waals surface area contributed by atoms with Crippen LogP contribution in [0.2, 0.25) is 0 Å². The summed E-state index contributed by atoms with van der Waals surface area (Å²) in [6.45, 7) is -1.35. The number of nitrogens with two attached hydrogens (primary N) is 1. The first-order valence-electron chi connectivity index (χ1n) is 10.4. The number of hydrogen-bond donors (Lipinski definition) is 5. The van der Waals surface area contributed by atoms with Gasteiger partial charge in [-0.15, -0.1) is 16.9 Å². The molecule has 0 aliphatic carbocycles. The van der Waals surface area contributed by atoms with Crippen LogP contribution in [0, 0.1) is 0 Å². The maximum Gasteiger partial charge on any atom is 0.352 e. The summed E-state index contributed by atoms with van der Waals surface area (Å²) in [6.07, 6.45) is 0. The first-order valence-corrected chi connectivity index (χ1v) is 13.2. The number of amides is 2. The highest BCUT2D eigenvalue weighted by atomic mass is 32.2. The van der Waals surface area contributed by atoms with Gasteiger partial charge in [-0.1, -0.05) is 16.9 Å². The van der Waals surface area contributed by atoms with Crippen LogP contribution >= 0.6 is 35.1 Å². The van der Waals surface area contributed by atoms with Gasteiger partial charge in [0.1, 0.15) is 23.7 Å². The Morgan fingerprint density at radius 1 is 1.23 bits per heavy atom. The van der Waals surface area contributed by atoms with Crippen molar-refractivity contribution < 1.29 is 44.1 Å². The molecule has 0 saturated carbocycles. The lowest BCUT2D eigenvalue weighted by Gasteiger charge is -2.49. The van der Waals surface area contributed by atoms with Gasteiger partial charge in [0.25, 0.3) is 11.8 Å². The summed E-state index contributed by atoms with van der Waals surface area (Å²) in [7, 11) is 0. The number of anilines is 1. The summed E-state index contributed by atoms with van der Waals surface area (Å²) in [4.78, 5) is 69.1. The molecule has 2 aromatic heterocycles. The van der Waals surface area contributed by atoms with Crippen molar-refractivity contribution in [3.05, 3.63) is 17.1 Å². The third-order valence-corrected chi connectivity index (χ3v) is 7.83. The lowest BCUT2D eigenvalue weighted by atomic mass is 10.0. The Morgan fingerprint density at radius 3 is 2.64 bits per heavy atom. The number of tetrazole rings is 1. The molecule has 0 aromatic carbocycles. The maximum absolute atomic E-state index is 13.0. The molecule has 22 heteroatoms. The van der Waals surface area contributed by atoms with E-state index in [0.717, 1.165) is 32.9 Å². The van der Waals surface area contributed by atoms with Crippen molar-refractivity contribution in [1.29, 1.82) is 0 Å². The molecule has 1 fully saturated rings. The number of nitrogens with zero attached hydrogens (tertiary/aromatic N) is 8. The zero-order valence-electron chi connectivity index (χ0n) is 19.2. The molecule has 19 nitrogen and oxygen atoms in total. The number of β-lactam (4-membered cyclic amide) rings is 1. The molecule has 206 valence electrons. The number of fused-ring (bicyclic) bond motifs is 1. The smallest absolute Gasteiger partial charge is 0.352 e. The van der Waals surface area contributed by atoms with Crippen LogP contribution in [0.5, 0.6) is 0 Å². The molecular weight excluding hydrogens is 584 g/mol. The van der Waals surface area contributed by atoms with E-state index in [9.17, 15) is 29.1 Å². The minimum Gasteiger partial charge on any atom is -0.480 e. The van der Waals surface area contributed by atoms with E-state index in [4.69, 9.17) is 15.9 Å². The number of nitrogens with one attached hydrogen (secondary N) is 1. The molecule has 2 amide bonds. The molecule has 39 heavy (non-hydrogen) atoms. The van der Waals surface area contributed by atoms with E-state index in [1.807, 2.05) is 0 Å². The van der Waals surface area contributed by atoms with Gasteiger partial charge in [-0.3, -0.25) is 19.3 Å². The van der Waals surface area contributed by atoms with Gasteiger partial charge >= 0.3 is 17.9 Å². The summed E-state index contributed by atoms with van der Waals surface area (Å²) < 4.78 is 4.88. The summed E-state index contributed by atoms with van der Waals surface area (Å²) in [6, 6.07) is -1.14. The zero-order chi connectivity index (χ0) is 28.3. The van der Waals surface area contributed by atoms with Crippen molar-refractivity contribution in [3.8, 4) is 0 Å². The molecule has 4 heterocycles. The Bertz CT molecular complexity index is 1410. The number of rotatable bonds is 12. The number of carbonyl (C=O) groups excluding carboxylic acids is 2. The Labute approximate surface area is 228 Å². The van der Waals surface area contributed by atoms with Gasteiger partial charge in [0.2, 0.25) is 23.3 Å². The SMILES string of the molecule is Nc1nc(/C(=N/OCC(=O)O)C(=O)NC2C(=O)N3C(C(=O)O)=C(CSc4nnnn4CC(=O)O)CS[C@H]23)ns1. The lowest BCUT2D eigenvalue weighted by molar-refractivity contribution is -0.150. The van der Waals surface area contributed by atoms with Crippen LogP contribution in [0.25, 0.3) is 0 Å². The van der Waals surface area contributed by atoms with E-state index in [1.54, 1.807) is 0 Å². The third kappa shape index (κ3) is 6.06. The second-order valence-electron chi connectivity index (χ2n) is 7.48. The summed E-state index contributed by atoms with van der Waals surface area (Å²) in [5, 5.41) is 43.5. The van der Waals surface area contributed by atoms with E-state index >= 15 is 0 Å². The monoisotopic (exact) mass is 600 g/mol. The normalized spacial score (nSPS) is 18.8. The number of aliphatic carboxylic acids is 3. The molecule has 2 aliphatic heterocycles. The number of thioether (sulfide) groups is 2. The van der Waals surface area contributed by atoms with E-state index in [-0.39, 0.29) is 33.3 Å². The molecule has 2 aromatic rings. The summed E-state index contributed by atoms with van der Waals surface area (Å²) in [5.74, 6) is -5.60. The van der Waals surface area contributed by atoms with Crippen LogP contribution in [0.15, 0.2) is 21.6 Å². The first-order chi connectivity index (χ1) is 18.6. The van der Waals surface area contributed by atoms with E-state index in [0.29, 0.717) is 5.57 Å². The van der Waals surface area contributed by atoms with Crippen molar-refractivity contribution in [1.82, 2.24) is 39.8 Å². The van der Waals surface area contributed by atoms with Gasteiger partial charge in [-0.2, -0.15) is 9.36 Å². The van der Waals surface area contributed by atoms with E-state index in [1.165, 1.54) is 11.8 Å². The number of oxime groups is 1. The van der Waals surface area contributed by atoms with Gasteiger partial charge in [0.15, 0.2) is 5.13 Å². The predicted octanol–water partition coefficient (Wildman–Crippen LogP) is -2.47. The van der Waals surface area contributed by atoms with Crippen LogP contribution < -0.4 is 11.1 Å². The Morgan fingerprint density at radius 2 is 2.00 bits per heavy atom. The number of carbonyl (C=O) groups is 5. The summed E-state index contributed by atoms with van der Waals surface area (Å²) in [5.41, 5.74) is 5.11. The number of nitrogen functional groups attached to an aromatic ring is 1. The topological polar surface area (TPSA) is 278 Å². The van der Waals surface area contributed by atoms with Gasteiger partial charge in [-0.05, 0) is 16.0 Å².